The van der Waals surface area contributed by atoms with Crippen molar-refractivity contribution in [3.8, 4) is 5.75 Å². The zero-order valence-electron chi connectivity index (χ0n) is 15.8. The molecule has 1 N–H and O–H groups in total. The molecule has 1 amide bonds. The van der Waals surface area contributed by atoms with E-state index in [0.717, 1.165) is 0 Å². The zero-order valence-corrected chi connectivity index (χ0v) is 15.8. The van der Waals surface area contributed by atoms with Gasteiger partial charge >= 0.3 is 17.7 Å². The minimum Gasteiger partial charge on any atom is -0.497 e. The Morgan fingerprint density at radius 2 is 1.93 bits per heavy atom. The summed E-state index contributed by atoms with van der Waals surface area (Å²) < 4.78 is 20.5. The van der Waals surface area contributed by atoms with Crippen LogP contribution in [0.4, 0.5) is 4.79 Å². The van der Waals surface area contributed by atoms with Crippen LogP contribution in [0.2, 0.25) is 0 Å². The van der Waals surface area contributed by atoms with Gasteiger partial charge in [-0.25, -0.2) is 9.59 Å². The fourth-order valence-corrected chi connectivity index (χ4v) is 2.27. The van der Waals surface area contributed by atoms with Gasteiger partial charge in [0.1, 0.15) is 23.5 Å². The number of fused-ring (bicyclic) bond motifs is 1. The van der Waals surface area contributed by atoms with Crippen molar-refractivity contribution in [2.45, 2.75) is 39.4 Å². The highest BCUT2D eigenvalue weighted by Crippen LogP contribution is 2.23. The molecule has 0 aliphatic rings. The van der Waals surface area contributed by atoms with E-state index in [1.807, 2.05) is 0 Å². The van der Waals surface area contributed by atoms with Crippen molar-refractivity contribution in [2.24, 2.45) is 0 Å². The molecule has 2 rings (SSSR count). The highest BCUT2D eigenvalue weighted by molar-refractivity contribution is 5.81. The van der Waals surface area contributed by atoms with Gasteiger partial charge in [-0.15, -0.1) is 0 Å². The molecule has 2 aromatic rings. The lowest BCUT2D eigenvalue weighted by atomic mass is 10.1. The molecule has 8 heteroatoms. The number of amides is 1. The predicted octanol–water partition coefficient (Wildman–Crippen LogP) is 2.76. The van der Waals surface area contributed by atoms with E-state index in [1.165, 1.54) is 13.2 Å². The molecule has 0 bridgehead atoms. The molecule has 0 fully saturated rings. The van der Waals surface area contributed by atoms with Gasteiger partial charge in [-0.2, -0.15) is 0 Å². The van der Waals surface area contributed by atoms with Gasteiger partial charge < -0.3 is 23.9 Å². The van der Waals surface area contributed by atoms with E-state index >= 15 is 0 Å². The Morgan fingerprint density at radius 3 is 2.59 bits per heavy atom. The summed E-state index contributed by atoms with van der Waals surface area (Å²) in [6.07, 6.45) is -0.622. The second-order valence-electron chi connectivity index (χ2n) is 6.79. The largest absolute Gasteiger partial charge is 0.497 e. The SMILES string of the molecule is COc1ccc2c(COC(=O)CCNC(=O)OC(C)(C)C)cc(=O)oc2c1. The number of rotatable bonds is 6. The fraction of sp³-hybridized carbons (Fsp3) is 0.421. The van der Waals surface area contributed by atoms with Crippen LogP contribution in [0.3, 0.4) is 0 Å². The number of alkyl carbamates (subject to hydrolysis) is 1. The Kier molecular flexibility index (Phi) is 6.44. The minimum atomic E-state index is -0.608. The first-order chi connectivity index (χ1) is 12.7. The van der Waals surface area contributed by atoms with Crippen LogP contribution < -0.4 is 15.7 Å². The number of hydrogen-bond acceptors (Lipinski definition) is 7. The second kappa shape index (κ2) is 8.57. The number of carbonyl (C=O) groups is 2. The van der Waals surface area contributed by atoms with Crippen LogP contribution in [0.15, 0.2) is 33.5 Å². The van der Waals surface area contributed by atoms with Crippen molar-refractivity contribution in [1.29, 1.82) is 0 Å². The molecule has 8 nitrogen and oxygen atoms in total. The Labute approximate surface area is 156 Å². The molecule has 0 aliphatic heterocycles. The number of hydrogen-bond donors (Lipinski definition) is 1. The maximum absolute atomic E-state index is 11.9. The molecule has 0 atom stereocenters. The number of methoxy groups -OCH3 is 1. The first-order valence-electron chi connectivity index (χ1n) is 8.41. The standard InChI is InChI=1S/C19H23NO7/c1-19(2,3)27-18(23)20-8-7-16(21)25-11-12-9-17(22)26-15-10-13(24-4)5-6-14(12)15/h5-6,9-10H,7-8,11H2,1-4H3,(H,20,23). The monoisotopic (exact) mass is 377 g/mol. The summed E-state index contributed by atoms with van der Waals surface area (Å²) in [5.41, 5.74) is -0.284. The smallest absolute Gasteiger partial charge is 0.407 e. The summed E-state index contributed by atoms with van der Waals surface area (Å²) in [7, 11) is 1.51. The lowest BCUT2D eigenvalue weighted by Gasteiger charge is -2.19. The molecule has 0 radical (unpaired) electrons. The summed E-state index contributed by atoms with van der Waals surface area (Å²) >= 11 is 0. The van der Waals surface area contributed by atoms with Crippen molar-refractivity contribution in [1.82, 2.24) is 5.32 Å². The maximum Gasteiger partial charge on any atom is 0.407 e. The van der Waals surface area contributed by atoms with E-state index in [0.29, 0.717) is 22.3 Å². The Bertz CT molecular complexity index is 880. The summed E-state index contributed by atoms with van der Waals surface area (Å²) in [6.45, 7) is 5.24. The summed E-state index contributed by atoms with van der Waals surface area (Å²) in [6, 6.07) is 6.32. The number of esters is 1. The molecule has 1 heterocycles. The van der Waals surface area contributed by atoms with Crippen LogP contribution in [0.1, 0.15) is 32.8 Å². The van der Waals surface area contributed by atoms with Crippen LogP contribution in [0, 0.1) is 0 Å². The lowest BCUT2D eigenvalue weighted by Crippen LogP contribution is -2.33. The van der Waals surface area contributed by atoms with Gasteiger partial charge in [0.15, 0.2) is 0 Å². The molecule has 0 saturated heterocycles. The molecule has 1 aromatic carbocycles. The minimum absolute atomic E-state index is 0.0214. The van der Waals surface area contributed by atoms with Crippen molar-refractivity contribution in [3.05, 3.63) is 40.2 Å². The average molecular weight is 377 g/mol. The van der Waals surface area contributed by atoms with Gasteiger partial charge in [-0.1, -0.05) is 0 Å². The van der Waals surface area contributed by atoms with Gasteiger partial charge in [0, 0.05) is 29.6 Å². The van der Waals surface area contributed by atoms with Crippen molar-refractivity contribution in [3.63, 3.8) is 0 Å². The number of nitrogens with one attached hydrogen (secondary N) is 1. The zero-order chi connectivity index (χ0) is 20.0. The molecule has 1 aromatic heterocycles. The Hall–Kier alpha value is -3.03. The molecular weight excluding hydrogens is 354 g/mol. The topological polar surface area (TPSA) is 104 Å². The van der Waals surface area contributed by atoms with Crippen LogP contribution >= 0.6 is 0 Å². The average Bonchev–Trinajstić information content (AvgIpc) is 2.57. The summed E-state index contributed by atoms with van der Waals surface area (Å²) in [4.78, 5) is 35.1. The van der Waals surface area contributed by atoms with Gasteiger partial charge in [0.05, 0.1) is 13.5 Å². The third-order valence-corrected chi connectivity index (χ3v) is 3.42. The normalized spacial score (nSPS) is 11.1. The lowest BCUT2D eigenvalue weighted by molar-refractivity contribution is -0.144. The van der Waals surface area contributed by atoms with Crippen molar-refractivity contribution >= 4 is 23.0 Å². The number of ether oxygens (including phenoxy) is 3. The second-order valence-corrected chi connectivity index (χ2v) is 6.79. The molecular formula is C19H23NO7. The molecule has 146 valence electrons. The van der Waals surface area contributed by atoms with E-state index in [9.17, 15) is 14.4 Å². The van der Waals surface area contributed by atoms with E-state index in [4.69, 9.17) is 18.6 Å². The van der Waals surface area contributed by atoms with Crippen LogP contribution in [0.5, 0.6) is 5.75 Å². The third kappa shape index (κ3) is 6.32. The molecule has 0 aliphatic carbocycles. The maximum atomic E-state index is 11.9. The van der Waals surface area contributed by atoms with Gasteiger partial charge in [0.25, 0.3) is 0 Å². The van der Waals surface area contributed by atoms with Gasteiger partial charge in [-0.05, 0) is 32.9 Å². The van der Waals surface area contributed by atoms with Crippen LogP contribution in [0.25, 0.3) is 11.0 Å². The van der Waals surface area contributed by atoms with Crippen molar-refractivity contribution < 1.29 is 28.2 Å². The molecule has 27 heavy (non-hydrogen) atoms. The third-order valence-electron chi connectivity index (χ3n) is 3.42. The Balaban J connectivity index is 1.91. The van der Waals surface area contributed by atoms with E-state index < -0.39 is 23.3 Å². The van der Waals surface area contributed by atoms with E-state index in [-0.39, 0.29) is 19.6 Å². The summed E-state index contributed by atoms with van der Waals surface area (Å²) in [5, 5.41) is 3.13. The van der Waals surface area contributed by atoms with E-state index in [2.05, 4.69) is 5.32 Å². The van der Waals surface area contributed by atoms with Gasteiger partial charge in [0.2, 0.25) is 0 Å². The molecule has 0 saturated carbocycles. The first-order valence-corrected chi connectivity index (χ1v) is 8.41. The van der Waals surface area contributed by atoms with Crippen molar-refractivity contribution in [2.75, 3.05) is 13.7 Å². The fourth-order valence-electron chi connectivity index (χ4n) is 2.27. The molecule has 0 spiro atoms. The Morgan fingerprint density at radius 1 is 1.19 bits per heavy atom. The number of carbonyl (C=O) groups excluding carboxylic acids is 2. The highest BCUT2D eigenvalue weighted by atomic mass is 16.6. The van der Waals surface area contributed by atoms with E-state index in [1.54, 1.807) is 39.0 Å². The quantitative estimate of drug-likeness (QED) is 0.610. The first kappa shape index (κ1) is 20.3. The highest BCUT2D eigenvalue weighted by Gasteiger charge is 2.16. The van der Waals surface area contributed by atoms with Gasteiger partial charge in [-0.3, -0.25) is 4.79 Å². The molecule has 0 unspecified atom stereocenters. The summed E-state index contributed by atoms with van der Waals surface area (Å²) in [5.74, 6) is 0.0361. The van der Waals surface area contributed by atoms with Crippen LogP contribution in [-0.4, -0.2) is 31.3 Å². The number of benzene rings is 1. The van der Waals surface area contributed by atoms with Crippen LogP contribution in [-0.2, 0) is 20.9 Å². The predicted molar refractivity (Wildman–Crippen MR) is 97.7 cm³/mol.